The molecule has 1 unspecified atom stereocenters. The molecule has 0 saturated carbocycles. The minimum atomic E-state index is -1.23. The molecule has 1 N–H and O–H groups in total. The second-order valence-corrected chi connectivity index (χ2v) is 1.25. The van der Waals surface area contributed by atoms with E-state index in [1.54, 1.807) is 0 Å². The van der Waals surface area contributed by atoms with E-state index in [0.717, 1.165) is 0 Å². The van der Waals surface area contributed by atoms with Gasteiger partial charge >= 0.3 is 5.97 Å². The Hall–Kier alpha value is -0.640. The zero-order valence-corrected chi connectivity index (χ0v) is 4.43. The first kappa shape index (κ1) is 7.36. The number of carbonyl (C=O) groups is 1. The van der Waals surface area contributed by atoms with Gasteiger partial charge in [0.05, 0.1) is 0 Å². The number of rotatable bonds is 2. The SMILES string of the molecule is CC(O)C(=O)OCF. The van der Waals surface area contributed by atoms with Crippen molar-refractivity contribution < 1.29 is 19.0 Å². The van der Waals surface area contributed by atoms with E-state index in [4.69, 9.17) is 5.11 Å². The molecule has 0 aromatic rings. The maximum Gasteiger partial charge on any atom is 0.336 e. The van der Waals surface area contributed by atoms with Crippen LogP contribution in [0.1, 0.15) is 6.92 Å². The van der Waals surface area contributed by atoms with Crippen LogP contribution < -0.4 is 0 Å². The molecule has 0 radical (unpaired) electrons. The quantitative estimate of drug-likeness (QED) is 0.517. The molecule has 0 rings (SSSR count). The number of halogens is 1. The number of hydrogen-bond acceptors (Lipinski definition) is 3. The van der Waals surface area contributed by atoms with Gasteiger partial charge < -0.3 is 9.84 Å². The van der Waals surface area contributed by atoms with Crippen LogP contribution >= 0.6 is 0 Å². The lowest BCUT2D eigenvalue weighted by atomic mass is 10.4. The molecule has 0 heterocycles. The minimum absolute atomic E-state index is 0.937. The monoisotopic (exact) mass is 122 g/mol. The van der Waals surface area contributed by atoms with E-state index in [0.29, 0.717) is 0 Å². The zero-order chi connectivity index (χ0) is 6.57. The van der Waals surface area contributed by atoms with Crippen molar-refractivity contribution in [2.24, 2.45) is 0 Å². The molecule has 1 atom stereocenters. The molecule has 0 aromatic heterocycles. The van der Waals surface area contributed by atoms with E-state index in [1.165, 1.54) is 6.92 Å². The molecule has 48 valence electrons. The molecule has 0 amide bonds. The molecule has 3 nitrogen and oxygen atoms in total. The molecule has 0 spiro atoms. The van der Waals surface area contributed by atoms with Gasteiger partial charge in [0.1, 0.15) is 6.10 Å². The molecule has 0 bridgehead atoms. The maximum absolute atomic E-state index is 11.0. The number of ether oxygens (including phenoxy) is 1. The Morgan fingerprint density at radius 1 is 2.00 bits per heavy atom. The molecule has 0 aliphatic carbocycles. The molecule has 4 heteroatoms. The van der Waals surface area contributed by atoms with E-state index >= 15 is 0 Å². The van der Waals surface area contributed by atoms with Gasteiger partial charge in [-0.15, -0.1) is 0 Å². The van der Waals surface area contributed by atoms with Crippen LogP contribution in [0.5, 0.6) is 0 Å². The summed E-state index contributed by atoms with van der Waals surface area (Å²) in [6.45, 7) is 0.0295. The van der Waals surface area contributed by atoms with Crippen LogP contribution in [0.15, 0.2) is 0 Å². The van der Waals surface area contributed by atoms with Crippen molar-refractivity contribution in [1.82, 2.24) is 0 Å². The van der Waals surface area contributed by atoms with E-state index in [2.05, 4.69) is 4.74 Å². The summed E-state index contributed by atoms with van der Waals surface area (Å²) >= 11 is 0. The van der Waals surface area contributed by atoms with Crippen molar-refractivity contribution in [2.45, 2.75) is 13.0 Å². The van der Waals surface area contributed by atoms with Crippen LogP contribution in [0.2, 0.25) is 0 Å². The van der Waals surface area contributed by atoms with Crippen molar-refractivity contribution in [3.05, 3.63) is 0 Å². The van der Waals surface area contributed by atoms with Crippen molar-refractivity contribution >= 4 is 5.97 Å². The lowest BCUT2D eigenvalue weighted by Crippen LogP contribution is -2.18. The molecule has 0 aliphatic heterocycles. The van der Waals surface area contributed by atoms with Crippen molar-refractivity contribution in [3.8, 4) is 0 Å². The Morgan fingerprint density at radius 3 is 2.62 bits per heavy atom. The summed E-state index contributed by atoms with van der Waals surface area (Å²) in [6, 6.07) is 0. The van der Waals surface area contributed by atoms with Crippen molar-refractivity contribution in [1.29, 1.82) is 0 Å². The van der Waals surface area contributed by atoms with Crippen LogP contribution in [0.25, 0.3) is 0 Å². The van der Waals surface area contributed by atoms with Gasteiger partial charge in [0.2, 0.25) is 6.86 Å². The first-order chi connectivity index (χ1) is 3.68. The van der Waals surface area contributed by atoms with Crippen molar-refractivity contribution in [3.63, 3.8) is 0 Å². The van der Waals surface area contributed by atoms with Crippen LogP contribution in [0, 0.1) is 0 Å². The fourth-order valence-corrected chi connectivity index (χ4v) is 0.174. The smallest absolute Gasteiger partial charge is 0.336 e. The fourth-order valence-electron chi connectivity index (χ4n) is 0.174. The van der Waals surface area contributed by atoms with Crippen molar-refractivity contribution in [2.75, 3.05) is 6.86 Å². The summed E-state index contributed by atoms with van der Waals surface area (Å²) in [5.74, 6) is -0.937. The predicted molar refractivity (Wildman–Crippen MR) is 23.7 cm³/mol. The van der Waals surface area contributed by atoms with Crippen LogP contribution in [0.4, 0.5) is 4.39 Å². The summed E-state index contributed by atoms with van der Waals surface area (Å²) in [4.78, 5) is 10.0. The molecule has 0 aromatic carbocycles. The maximum atomic E-state index is 11.0. The highest BCUT2D eigenvalue weighted by Gasteiger charge is 2.08. The van der Waals surface area contributed by atoms with E-state index in [9.17, 15) is 9.18 Å². The van der Waals surface area contributed by atoms with Crippen LogP contribution in [0.3, 0.4) is 0 Å². The van der Waals surface area contributed by atoms with Gasteiger partial charge in [-0.1, -0.05) is 0 Å². The Morgan fingerprint density at radius 2 is 2.50 bits per heavy atom. The number of hydrogen-bond donors (Lipinski definition) is 1. The highest BCUT2D eigenvalue weighted by molar-refractivity contribution is 5.73. The molecular weight excluding hydrogens is 115 g/mol. The van der Waals surface area contributed by atoms with E-state index in [-0.39, 0.29) is 0 Å². The Balaban J connectivity index is 3.33. The summed E-state index contributed by atoms with van der Waals surface area (Å²) in [7, 11) is 0. The first-order valence-electron chi connectivity index (χ1n) is 2.09. The van der Waals surface area contributed by atoms with Gasteiger partial charge in [-0.3, -0.25) is 0 Å². The van der Waals surface area contributed by atoms with Gasteiger partial charge in [0.25, 0.3) is 0 Å². The topological polar surface area (TPSA) is 46.5 Å². The molecular formula is C4H7FO3. The standard InChI is InChI=1S/C4H7FO3/c1-3(6)4(7)8-2-5/h3,6H,2H2,1H3. The van der Waals surface area contributed by atoms with Gasteiger partial charge in [0.15, 0.2) is 0 Å². The lowest BCUT2D eigenvalue weighted by Gasteiger charge is -1.99. The minimum Gasteiger partial charge on any atom is -0.432 e. The molecule has 0 aliphatic rings. The Labute approximate surface area is 46.1 Å². The molecule has 0 saturated heterocycles. The highest BCUT2D eigenvalue weighted by atomic mass is 19.1. The summed E-state index contributed by atoms with van der Waals surface area (Å²) < 4.78 is 14.8. The second-order valence-electron chi connectivity index (χ2n) is 1.25. The third kappa shape index (κ3) is 2.52. The number of aliphatic hydroxyl groups is 1. The van der Waals surface area contributed by atoms with E-state index < -0.39 is 18.9 Å². The first-order valence-corrected chi connectivity index (χ1v) is 2.09. The van der Waals surface area contributed by atoms with Gasteiger partial charge in [-0.25, -0.2) is 9.18 Å². The Bertz CT molecular complexity index is 81.4. The zero-order valence-electron chi connectivity index (χ0n) is 4.43. The molecule has 0 fully saturated rings. The van der Waals surface area contributed by atoms with Gasteiger partial charge in [-0.05, 0) is 6.92 Å². The summed E-state index contributed by atoms with van der Waals surface area (Å²) in [6.07, 6.45) is -1.23. The fraction of sp³-hybridized carbons (Fsp3) is 0.750. The average molecular weight is 122 g/mol. The lowest BCUT2D eigenvalue weighted by molar-refractivity contribution is -0.156. The summed E-state index contributed by atoms with van der Waals surface area (Å²) in [5.41, 5.74) is 0. The number of alkyl halides is 1. The highest BCUT2D eigenvalue weighted by Crippen LogP contribution is 1.85. The predicted octanol–water partition coefficient (Wildman–Crippen LogP) is -0.163. The largest absolute Gasteiger partial charge is 0.432 e. The normalized spacial score (nSPS) is 12.9. The second kappa shape index (κ2) is 3.37. The van der Waals surface area contributed by atoms with Crippen LogP contribution in [-0.2, 0) is 9.53 Å². The summed E-state index contributed by atoms with van der Waals surface area (Å²) in [5, 5.41) is 8.31. The third-order valence-corrected chi connectivity index (χ3v) is 0.538. The van der Waals surface area contributed by atoms with Gasteiger partial charge in [0, 0.05) is 0 Å². The average Bonchev–Trinajstić information content (AvgIpc) is 1.67. The van der Waals surface area contributed by atoms with E-state index in [1.807, 2.05) is 0 Å². The molecule has 8 heavy (non-hydrogen) atoms. The van der Waals surface area contributed by atoms with Crippen LogP contribution in [-0.4, -0.2) is 24.0 Å². The number of aliphatic hydroxyl groups excluding tert-OH is 1. The van der Waals surface area contributed by atoms with Gasteiger partial charge in [-0.2, -0.15) is 0 Å². The Kier molecular flexibility index (Phi) is 3.10. The number of esters is 1. The third-order valence-electron chi connectivity index (χ3n) is 0.538. The number of carbonyl (C=O) groups excluding carboxylic acids is 1.